The smallest absolute Gasteiger partial charge is 0.295 e. The highest BCUT2D eigenvalue weighted by molar-refractivity contribution is 5.86. The van der Waals surface area contributed by atoms with Gasteiger partial charge in [0, 0.05) is 17.8 Å². The molecule has 7 nitrogen and oxygen atoms in total. The van der Waals surface area contributed by atoms with E-state index in [-0.39, 0.29) is 16.9 Å². The summed E-state index contributed by atoms with van der Waals surface area (Å²) in [6.45, 7) is 3.61. The molecule has 0 bridgehead atoms. The van der Waals surface area contributed by atoms with Gasteiger partial charge in [0.1, 0.15) is 23.0 Å². The molecule has 22 heavy (non-hydrogen) atoms. The number of alkyl halides is 2. The molecule has 0 saturated heterocycles. The number of fused-ring (bicyclic) bond motifs is 1. The zero-order valence-electron chi connectivity index (χ0n) is 11.9. The van der Waals surface area contributed by atoms with Gasteiger partial charge in [-0.15, -0.1) is 0 Å². The summed E-state index contributed by atoms with van der Waals surface area (Å²) in [6, 6.07) is 3.27. The summed E-state index contributed by atoms with van der Waals surface area (Å²) >= 11 is 0. The van der Waals surface area contributed by atoms with Gasteiger partial charge in [-0.3, -0.25) is 0 Å². The molecule has 0 aliphatic carbocycles. The van der Waals surface area contributed by atoms with Crippen molar-refractivity contribution in [3.05, 3.63) is 29.5 Å². The van der Waals surface area contributed by atoms with E-state index < -0.39 is 12.2 Å². The Balaban J connectivity index is 2.00. The Morgan fingerprint density at radius 3 is 2.50 bits per heavy atom. The second kappa shape index (κ2) is 5.17. The number of aryl methyl sites for hydroxylation is 2. The average molecular weight is 305 g/mol. The van der Waals surface area contributed by atoms with Crippen LogP contribution in [0.1, 0.15) is 23.8 Å². The molecule has 3 aromatic heterocycles. The summed E-state index contributed by atoms with van der Waals surface area (Å²) in [4.78, 5) is 18.8. The van der Waals surface area contributed by atoms with E-state index >= 15 is 0 Å². The number of nitrogens with two attached hydrogens (primary N) is 1. The number of aromatic amines is 1. The van der Waals surface area contributed by atoms with Crippen LogP contribution < -0.4 is 11.1 Å². The molecule has 114 valence electrons. The maximum atomic E-state index is 12.7. The number of imidazole rings is 1. The Morgan fingerprint density at radius 2 is 1.82 bits per heavy atom. The molecule has 0 fully saturated rings. The molecule has 3 aromatic rings. The number of anilines is 3. The molecule has 0 unspecified atom stereocenters. The number of pyridine rings is 1. The van der Waals surface area contributed by atoms with Crippen LogP contribution in [-0.4, -0.2) is 24.9 Å². The number of halogens is 2. The SMILES string of the molecule is Cc1cc(Nc2cc(N)c3[nH]c(C(F)F)nc3n2)nc(C)n1. The zero-order valence-corrected chi connectivity index (χ0v) is 11.9. The minimum atomic E-state index is -2.71. The summed E-state index contributed by atoms with van der Waals surface area (Å²) in [5.74, 6) is 1.06. The summed E-state index contributed by atoms with van der Waals surface area (Å²) in [5.41, 5.74) is 7.34. The van der Waals surface area contributed by atoms with Gasteiger partial charge >= 0.3 is 0 Å². The van der Waals surface area contributed by atoms with Crippen molar-refractivity contribution in [2.75, 3.05) is 11.1 Å². The molecule has 0 aromatic carbocycles. The van der Waals surface area contributed by atoms with E-state index in [4.69, 9.17) is 5.73 Å². The largest absolute Gasteiger partial charge is 0.397 e. The fourth-order valence-electron chi connectivity index (χ4n) is 2.11. The molecule has 0 atom stereocenters. The summed E-state index contributed by atoms with van der Waals surface area (Å²) in [6.07, 6.45) is -2.71. The van der Waals surface area contributed by atoms with Crippen LogP contribution in [0.3, 0.4) is 0 Å². The van der Waals surface area contributed by atoms with E-state index in [1.807, 2.05) is 6.92 Å². The summed E-state index contributed by atoms with van der Waals surface area (Å²) in [7, 11) is 0. The molecule has 0 spiro atoms. The first-order chi connectivity index (χ1) is 10.4. The molecule has 0 aliphatic rings. The first-order valence-electron chi connectivity index (χ1n) is 6.46. The highest BCUT2D eigenvalue weighted by Crippen LogP contribution is 2.25. The highest BCUT2D eigenvalue weighted by atomic mass is 19.3. The Labute approximate surface area is 124 Å². The lowest BCUT2D eigenvalue weighted by atomic mass is 10.3. The van der Waals surface area contributed by atoms with E-state index in [0.717, 1.165) is 5.69 Å². The second-order valence-corrected chi connectivity index (χ2v) is 4.78. The maximum absolute atomic E-state index is 12.7. The number of nitrogens with zero attached hydrogens (tertiary/aromatic N) is 4. The Kier molecular flexibility index (Phi) is 3.32. The lowest BCUT2D eigenvalue weighted by Gasteiger charge is -2.07. The molecule has 3 rings (SSSR count). The summed E-state index contributed by atoms with van der Waals surface area (Å²) in [5, 5.41) is 2.97. The fourth-order valence-corrected chi connectivity index (χ4v) is 2.11. The van der Waals surface area contributed by atoms with Gasteiger partial charge in [-0.2, -0.15) is 0 Å². The van der Waals surface area contributed by atoms with Crippen LogP contribution in [0.25, 0.3) is 11.2 Å². The van der Waals surface area contributed by atoms with Crippen molar-refractivity contribution in [2.45, 2.75) is 20.3 Å². The molecular weight excluding hydrogens is 292 g/mol. The third-order valence-corrected chi connectivity index (χ3v) is 2.94. The fraction of sp³-hybridized carbons (Fsp3) is 0.231. The lowest BCUT2D eigenvalue weighted by molar-refractivity contribution is 0.142. The predicted molar refractivity (Wildman–Crippen MR) is 78.0 cm³/mol. The number of hydrogen-bond donors (Lipinski definition) is 3. The van der Waals surface area contributed by atoms with Gasteiger partial charge in [0.05, 0.1) is 5.69 Å². The van der Waals surface area contributed by atoms with Gasteiger partial charge in [0.2, 0.25) is 0 Å². The number of nitrogens with one attached hydrogen (secondary N) is 2. The van der Waals surface area contributed by atoms with Crippen molar-refractivity contribution >= 4 is 28.5 Å². The molecule has 0 radical (unpaired) electrons. The molecule has 0 saturated carbocycles. The van der Waals surface area contributed by atoms with E-state index in [1.165, 1.54) is 6.07 Å². The van der Waals surface area contributed by atoms with Crippen LogP contribution in [0, 0.1) is 13.8 Å². The van der Waals surface area contributed by atoms with Crippen molar-refractivity contribution in [3.63, 3.8) is 0 Å². The van der Waals surface area contributed by atoms with Crippen LogP contribution in [-0.2, 0) is 0 Å². The Morgan fingerprint density at radius 1 is 1.09 bits per heavy atom. The lowest BCUT2D eigenvalue weighted by Crippen LogP contribution is -2.01. The minimum Gasteiger partial charge on any atom is -0.397 e. The number of hydrogen-bond acceptors (Lipinski definition) is 6. The summed E-state index contributed by atoms with van der Waals surface area (Å²) < 4.78 is 25.4. The monoisotopic (exact) mass is 305 g/mol. The molecule has 0 amide bonds. The van der Waals surface area contributed by atoms with Crippen molar-refractivity contribution in [3.8, 4) is 0 Å². The van der Waals surface area contributed by atoms with Gasteiger partial charge in [0.15, 0.2) is 11.5 Å². The molecule has 9 heteroatoms. The van der Waals surface area contributed by atoms with Crippen LogP contribution in [0.5, 0.6) is 0 Å². The van der Waals surface area contributed by atoms with E-state index in [1.54, 1.807) is 13.0 Å². The number of rotatable bonds is 3. The van der Waals surface area contributed by atoms with Crippen LogP contribution in [0.2, 0.25) is 0 Å². The predicted octanol–water partition coefficient (Wildman–Crippen LogP) is 2.63. The van der Waals surface area contributed by atoms with Gasteiger partial charge in [0.25, 0.3) is 6.43 Å². The maximum Gasteiger partial charge on any atom is 0.295 e. The first-order valence-corrected chi connectivity index (χ1v) is 6.46. The Hall–Kier alpha value is -2.84. The van der Waals surface area contributed by atoms with Gasteiger partial charge < -0.3 is 16.0 Å². The number of H-pyrrole nitrogens is 1. The highest BCUT2D eigenvalue weighted by Gasteiger charge is 2.16. The third-order valence-electron chi connectivity index (χ3n) is 2.94. The van der Waals surface area contributed by atoms with Crippen LogP contribution in [0.15, 0.2) is 12.1 Å². The van der Waals surface area contributed by atoms with Gasteiger partial charge in [-0.05, 0) is 13.8 Å². The average Bonchev–Trinajstić information content (AvgIpc) is 2.82. The Bertz CT molecular complexity index is 824. The quantitative estimate of drug-likeness (QED) is 0.687. The number of nitrogen functional groups attached to an aromatic ring is 1. The van der Waals surface area contributed by atoms with E-state index in [2.05, 4.69) is 30.2 Å². The molecular formula is C13H13F2N7. The third kappa shape index (κ3) is 2.65. The van der Waals surface area contributed by atoms with Crippen molar-refractivity contribution in [1.82, 2.24) is 24.9 Å². The molecule has 4 N–H and O–H groups in total. The van der Waals surface area contributed by atoms with Gasteiger partial charge in [-0.25, -0.2) is 28.7 Å². The van der Waals surface area contributed by atoms with Crippen molar-refractivity contribution in [2.24, 2.45) is 0 Å². The zero-order chi connectivity index (χ0) is 15.9. The normalized spacial score (nSPS) is 11.3. The van der Waals surface area contributed by atoms with E-state index in [0.29, 0.717) is 17.5 Å². The van der Waals surface area contributed by atoms with Crippen molar-refractivity contribution < 1.29 is 8.78 Å². The standard InChI is InChI=1S/C13H13F2N7/c1-5-3-8(18-6(2)17-5)19-9-4-7(16)10-12(20-9)22-13(21-10)11(14)15/h3-4,11H,1-2H3,(H4,16,17,18,19,20,21,22). The second-order valence-electron chi connectivity index (χ2n) is 4.78. The van der Waals surface area contributed by atoms with Crippen LogP contribution in [0.4, 0.5) is 26.1 Å². The topological polar surface area (TPSA) is 105 Å². The number of aromatic nitrogens is 5. The van der Waals surface area contributed by atoms with Gasteiger partial charge in [-0.1, -0.05) is 0 Å². The van der Waals surface area contributed by atoms with Crippen molar-refractivity contribution in [1.29, 1.82) is 0 Å². The molecule has 3 heterocycles. The minimum absolute atomic E-state index is 0.125. The van der Waals surface area contributed by atoms with E-state index in [9.17, 15) is 8.78 Å². The molecule has 0 aliphatic heterocycles. The first kappa shape index (κ1) is 14.1. The van der Waals surface area contributed by atoms with Crippen LogP contribution >= 0.6 is 0 Å².